The highest BCUT2D eigenvalue weighted by molar-refractivity contribution is 6.30. The number of aryl methyl sites for hydroxylation is 1. The van der Waals surface area contributed by atoms with E-state index in [1.54, 1.807) is 0 Å². The third-order valence-corrected chi connectivity index (χ3v) is 5.04. The quantitative estimate of drug-likeness (QED) is 0.913. The molecule has 1 N–H and O–H groups in total. The van der Waals surface area contributed by atoms with Gasteiger partial charge in [-0.1, -0.05) is 23.7 Å². The Balaban J connectivity index is 1.93. The lowest BCUT2D eigenvalue weighted by Crippen LogP contribution is -2.39. The summed E-state index contributed by atoms with van der Waals surface area (Å²) in [5, 5.41) is 9.95. The van der Waals surface area contributed by atoms with E-state index >= 15 is 0 Å². The van der Waals surface area contributed by atoms with Gasteiger partial charge in [0.15, 0.2) is 0 Å². The molecule has 1 fully saturated rings. The predicted molar refractivity (Wildman–Crippen MR) is 94.2 cm³/mol. The summed E-state index contributed by atoms with van der Waals surface area (Å²) >= 11 is 6.04. The molecule has 4 nitrogen and oxygen atoms in total. The molecule has 1 aromatic heterocycles. The molecular formula is C19H21ClN2O2. The van der Waals surface area contributed by atoms with Crippen molar-refractivity contribution in [2.24, 2.45) is 5.92 Å². The zero-order chi connectivity index (χ0) is 17.1. The molecule has 0 radical (unpaired) electrons. The van der Waals surface area contributed by atoms with Gasteiger partial charge in [-0.2, -0.15) is 0 Å². The van der Waals surface area contributed by atoms with Crippen LogP contribution in [0.15, 0.2) is 42.7 Å². The number of carboxylic acids is 1. The van der Waals surface area contributed by atoms with Gasteiger partial charge in [-0.3, -0.25) is 14.7 Å². The molecule has 1 aliphatic rings. The van der Waals surface area contributed by atoms with Crippen molar-refractivity contribution in [1.29, 1.82) is 0 Å². The largest absolute Gasteiger partial charge is 0.481 e. The Morgan fingerprint density at radius 2 is 1.92 bits per heavy atom. The molecule has 0 saturated carbocycles. The van der Waals surface area contributed by atoms with Crippen LogP contribution in [0.3, 0.4) is 0 Å². The number of likely N-dealkylation sites (tertiary alicyclic amines) is 1. The van der Waals surface area contributed by atoms with Crippen molar-refractivity contribution in [1.82, 2.24) is 9.88 Å². The highest BCUT2D eigenvalue weighted by Gasteiger charge is 2.30. The maximum absolute atomic E-state index is 11.2. The van der Waals surface area contributed by atoms with Gasteiger partial charge in [0, 0.05) is 17.4 Å². The van der Waals surface area contributed by atoms with Crippen LogP contribution in [0.2, 0.25) is 5.02 Å². The number of pyridine rings is 1. The second kappa shape index (κ2) is 7.32. The second-order valence-corrected chi connectivity index (χ2v) is 6.77. The molecule has 24 heavy (non-hydrogen) atoms. The van der Waals surface area contributed by atoms with Gasteiger partial charge >= 0.3 is 5.97 Å². The van der Waals surface area contributed by atoms with Crippen molar-refractivity contribution in [2.45, 2.75) is 25.8 Å². The van der Waals surface area contributed by atoms with Crippen LogP contribution in [0, 0.1) is 12.8 Å². The van der Waals surface area contributed by atoms with E-state index in [-0.39, 0.29) is 12.0 Å². The Hall–Kier alpha value is -1.91. The van der Waals surface area contributed by atoms with Crippen LogP contribution in [-0.2, 0) is 4.79 Å². The molecule has 126 valence electrons. The summed E-state index contributed by atoms with van der Waals surface area (Å²) in [5.74, 6) is -0.913. The van der Waals surface area contributed by atoms with E-state index in [2.05, 4.69) is 35.0 Å². The van der Waals surface area contributed by atoms with Crippen molar-refractivity contribution < 1.29 is 9.90 Å². The number of aromatic nitrogens is 1. The van der Waals surface area contributed by atoms with Gasteiger partial charge in [-0.05, 0) is 67.7 Å². The number of piperidine rings is 1. The minimum atomic E-state index is -0.683. The zero-order valence-corrected chi connectivity index (χ0v) is 14.4. The number of carboxylic acid groups (broad SMARTS) is 1. The van der Waals surface area contributed by atoms with E-state index in [1.807, 2.05) is 24.5 Å². The molecule has 0 aliphatic carbocycles. The van der Waals surface area contributed by atoms with Crippen LogP contribution in [-0.4, -0.2) is 34.0 Å². The average molecular weight is 345 g/mol. The number of nitrogens with zero attached hydrogens (tertiary/aromatic N) is 2. The van der Waals surface area contributed by atoms with Gasteiger partial charge in [0.25, 0.3) is 0 Å². The van der Waals surface area contributed by atoms with Crippen molar-refractivity contribution in [3.63, 3.8) is 0 Å². The molecule has 0 spiro atoms. The Kier molecular flexibility index (Phi) is 5.17. The molecule has 1 unspecified atom stereocenters. The van der Waals surface area contributed by atoms with E-state index in [0.717, 1.165) is 18.7 Å². The molecule has 0 amide bonds. The monoisotopic (exact) mass is 344 g/mol. The normalized spacial score (nSPS) is 17.6. The Bertz CT molecular complexity index is 710. The van der Waals surface area contributed by atoms with E-state index < -0.39 is 5.97 Å². The lowest BCUT2D eigenvalue weighted by molar-refractivity contribution is -0.143. The fraction of sp³-hybridized carbons (Fsp3) is 0.368. The first-order chi connectivity index (χ1) is 11.6. The molecule has 0 bridgehead atoms. The summed E-state index contributed by atoms with van der Waals surface area (Å²) in [6.45, 7) is 3.60. The van der Waals surface area contributed by atoms with Crippen molar-refractivity contribution >= 4 is 17.6 Å². The van der Waals surface area contributed by atoms with Gasteiger partial charge in [0.2, 0.25) is 0 Å². The van der Waals surface area contributed by atoms with Crippen molar-refractivity contribution in [3.8, 4) is 0 Å². The fourth-order valence-electron chi connectivity index (χ4n) is 3.43. The van der Waals surface area contributed by atoms with Crippen LogP contribution in [0.25, 0.3) is 0 Å². The number of carbonyl (C=O) groups is 1. The minimum Gasteiger partial charge on any atom is -0.481 e. The van der Waals surface area contributed by atoms with E-state index in [4.69, 9.17) is 11.6 Å². The van der Waals surface area contributed by atoms with Crippen LogP contribution in [0.5, 0.6) is 0 Å². The maximum Gasteiger partial charge on any atom is 0.306 e. The smallest absolute Gasteiger partial charge is 0.306 e. The molecule has 2 aromatic rings. The number of hydrogen-bond acceptors (Lipinski definition) is 3. The standard InChI is InChI=1S/C19H21ClN2O2/c1-13-12-21-9-6-17(13)18(14-2-4-16(20)5-3-14)22-10-7-15(8-11-22)19(23)24/h2-6,9,12,15,18H,7-8,10-11H2,1H3,(H,23,24). The Labute approximate surface area is 147 Å². The van der Waals surface area contributed by atoms with Gasteiger partial charge < -0.3 is 5.11 Å². The first kappa shape index (κ1) is 16.9. The third kappa shape index (κ3) is 3.60. The maximum atomic E-state index is 11.2. The van der Waals surface area contributed by atoms with Crippen molar-refractivity contribution in [2.75, 3.05) is 13.1 Å². The molecular weight excluding hydrogens is 324 g/mol. The molecule has 5 heteroatoms. The predicted octanol–water partition coefficient (Wildman–Crippen LogP) is 3.93. The molecule has 1 atom stereocenters. The van der Waals surface area contributed by atoms with E-state index in [0.29, 0.717) is 17.9 Å². The van der Waals surface area contributed by atoms with Crippen LogP contribution in [0.4, 0.5) is 0 Å². The second-order valence-electron chi connectivity index (χ2n) is 6.33. The van der Waals surface area contributed by atoms with E-state index in [9.17, 15) is 9.90 Å². The van der Waals surface area contributed by atoms with E-state index in [1.165, 1.54) is 11.1 Å². The fourth-order valence-corrected chi connectivity index (χ4v) is 3.55. The SMILES string of the molecule is Cc1cnccc1C(c1ccc(Cl)cc1)N1CCC(C(=O)O)CC1. The number of rotatable bonds is 4. The molecule has 1 aromatic carbocycles. The van der Waals surface area contributed by atoms with Crippen LogP contribution < -0.4 is 0 Å². The summed E-state index contributed by atoms with van der Waals surface area (Å²) in [4.78, 5) is 17.8. The van der Waals surface area contributed by atoms with Gasteiger partial charge in [-0.15, -0.1) is 0 Å². The lowest BCUT2D eigenvalue weighted by Gasteiger charge is -2.37. The topological polar surface area (TPSA) is 53.4 Å². The summed E-state index contributed by atoms with van der Waals surface area (Å²) in [6, 6.07) is 10.1. The molecule has 3 rings (SSSR count). The molecule has 2 heterocycles. The third-order valence-electron chi connectivity index (χ3n) is 4.79. The number of benzene rings is 1. The van der Waals surface area contributed by atoms with Gasteiger partial charge in [-0.25, -0.2) is 0 Å². The Morgan fingerprint density at radius 3 is 2.50 bits per heavy atom. The summed E-state index contributed by atoms with van der Waals surface area (Å²) in [6.07, 6.45) is 5.06. The molecule has 1 saturated heterocycles. The number of hydrogen-bond donors (Lipinski definition) is 1. The highest BCUT2D eigenvalue weighted by atomic mass is 35.5. The number of halogens is 1. The van der Waals surface area contributed by atoms with Gasteiger partial charge in [0.05, 0.1) is 12.0 Å². The Morgan fingerprint density at radius 1 is 1.25 bits per heavy atom. The lowest BCUT2D eigenvalue weighted by atomic mass is 9.90. The highest BCUT2D eigenvalue weighted by Crippen LogP contribution is 2.34. The first-order valence-electron chi connectivity index (χ1n) is 8.19. The van der Waals surface area contributed by atoms with Gasteiger partial charge in [0.1, 0.15) is 0 Å². The summed E-state index contributed by atoms with van der Waals surface area (Å²) < 4.78 is 0. The summed E-state index contributed by atoms with van der Waals surface area (Å²) in [5.41, 5.74) is 3.52. The first-order valence-corrected chi connectivity index (χ1v) is 8.57. The number of aliphatic carboxylic acids is 1. The van der Waals surface area contributed by atoms with Crippen LogP contribution in [0.1, 0.15) is 35.6 Å². The zero-order valence-electron chi connectivity index (χ0n) is 13.7. The average Bonchev–Trinajstić information content (AvgIpc) is 2.59. The summed E-state index contributed by atoms with van der Waals surface area (Å²) in [7, 11) is 0. The van der Waals surface area contributed by atoms with Crippen LogP contribution >= 0.6 is 11.6 Å². The minimum absolute atomic E-state index is 0.0972. The molecule has 1 aliphatic heterocycles. The van der Waals surface area contributed by atoms with Crippen molar-refractivity contribution in [3.05, 3.63) is 64.4 Å².